The minimum Gasteiger partial charge on any atom is -0.486 e. The van der Waals surface area contributed by atoms with Crippen LogP contribution in [-0.2, 0) is 16.6 Å². The first-order valence-corrected chi connectivity index (χ1v) is 10.5. The minimum atomic E-state index is -4.04. The number of aromatic nitrogens is 2. The highest BCUT2D eigenvalue weighted by atomic mass is 32.2. The summed E-state index contributed by atoms with van der Waals surface area (Å²) in [6, 6.07) is 16.7. The van der Waals surface area contributed by atoms with Gasteiger partial charge in [0.2, 0.25) is 0 Å². The molecule has 0 spiro atoms. The first-order valence-electron chi connectivity index (χ1n) is 8.33. The fourth-order valence-electron chi connectivity index (χ4n) is 2.48. The molecule has 0 unspecified atom stereocenters. The fourth-order valence-corrected chi connectivity index (χ4v) is 4.08. The number of hydrogen-bond donors (Lipinski definition) is 2. The molecule has 0 atom stereocenters. The number of rotatable bonds is 7. The van der Waals surface area contributed by atoms with E-state index >= 15 is 0 Å². The second-order valence-corrected chi connectivity index (χ2v) is 7.99. The Bertz CT molecular complexity index is 1250. The van der Waals surface area contributed by atoms with E-state index in [1.54, 1.807) is 30.3 Å². The van der Waals surface area contributed by atoms with Crippen LogP contribution in [0.25, 0.3) is 11.0 Å². The molecule has 0 aliphatic carbocycles. The van der Waals surface area contributed by atoms with Crippen molar-refractivity contribution in [2.24, 2.45) is 0 Å². The molecule has 0 bridgehead atoms. The van der Waals surface area contributed by atoms with Crippen molar-refractivity contribution < 1.29 is 22.4 Å². The largest absolute Gasteiger partial charge is 0.486 e. The summed E-state index contributed by atoms with van der Waals surface area (Å²) in [5, 5.41) is 0. The number of furan rings is 1. The molecule has 11 heteroatoms. The zero-order chi connectivity index (χ0) is 20.3. The van der Waals surface area contributed by atoms with Crippen LogP contribution in [0.15, 0.2) is 70.0 Å². The van der Waals surface area contributed by atoms with Gasteiger partial charge in [0.25, 0.3) is 10.0 Å². The van der Waals surface area contributed by atoms with Gasteiger partial charge in [-0.15, -0.1) is 4.83 Å². The SMILES string of the molecule is O=C(NNS(=O)(=O)c1cccc2nsnc12)c1ccc(COc2ccccc2)o1. The number of hydrogen-bond acceptors (Lipinski definition) is 8. The lowest BCUT2D eigenvalue weighted by Crippen LogP contribution is -2.41. The van der Waals surface area contributed by atoms with E-state index in [0.29, 0.717) is 17.0 Å². The second-order valence-electron chi connectivity index (χ2n) is 5.82. The lowest BCUT2D eigenvalue weighted by Gasteiger charge is -2.07. The number of carbonyl (C=O) groups excluding carboxylic acids is 1. The highest BCUT2D eigenvalue weighted by Crippen LogP contribution is 2.20. The smallest absolute Gasteiger partial charge is 0.301 e. The quantitative estimate of drug-likeness (QED) is 0.432. The van der Waals surface area contributed by atoms with Gasteiger partial charge < -0.3 is 9.15 Å². The van der Waals surface area contributed by atoms with Crippen molar-refractivity contribution in [3.63, 3.8) is 0 Å². The molecule has 0 radical (unpaired) electrons. The number of nitrogens with zero attached hydrogens (tertiary/aromatic N) is 2. The Hall–Kier alpha value is -3.28. The van der Waals surface area contributed by atoms with Gasteiger partial charge in [0, 0.05) is 0 Å². The van der Waals surface area contributed by atoms with E-state index in [1.807, 2.05) is 23.0 Å². The molecule has 148 valence electrons. The summed E-state index contributed by atoms with van der Waals surface area (Å²) in [4.78, 5) is 14.2. The Labute approximate surface area is 169 Å². The van der Waals surface area contributed by atoms with Gasteiger partial charge >= 0.3 is 5.91 Å². The Morgan fingerprint density at radius 1 is 1.03 bits per heavy atom. The maximum atomic E-state index is 12.5. The summed E-state index contributed by atoms with van der Waals surface area (Å²) in [5.41, 5.74) is 2.82. The normalized spacial score (nSPS) is 11.4. The molecule has 2 aromatic carbocycles. The van der Waals surface area contributed by atoms with E-state index in [0.717, 1.165) is 11.7 Å². The summed E-state index contributed by atoms with van der Waals surface area (Å²) < 4.78 is 43.9. The molecule has 0 aliphatic rings. The maximum Gasteiger partial charge on any atom is 0.301 e. The van der Waals surface area contributed by atoms with Crippen molar-refractivity contribution in [2.75, 3.05) is 0 Å². The number of nitrogens with one attached hydrogen (secondary N) is 2. The van der Waals surface area contributed by atoms with Crippen LogP contribution in [0, 0.1) is 0 Å². The first kappa shape index (κ1) is 19.1. The number of amides is 1. The predicted octanol–water partition coefficient (Wildman–Crippen LogP) is 2.49. The molecule has 0 saturated carbocycles. The molecule has 2 heterocycles. The van der Waals surface area contributed by atoms with Gasteiger partial charge in [0.15, 0.2) is 5.76 Å². The first-order chi connectivity index (χ1) is 14.0. The lowest BCUT2D eigenvalue weighted by molar-refractivity contribution is 0.0913. The fraction of sp³-hybridized carbons (Fsp3) is 0.0556. The monoisotopic (exact) mass is 430 g/mol. The number of hydrazine groups is 1. The van der Waals surface area contributed by atoms with Crippen LogP contribution in [-0.4, -0.2) is 23.1 Å². The van der Waals surface area contributed by atoms with Gasteiger partial charge in [-0.05, 0) is 36.4 Å². The molecule has 4 aromatic rings. The van der Waals surface area contributed by atoms with Crippen molar-refractivity contribution in [3.05, 3.63) is 72.2 Å². The molecule has 0 aliphatic heterocycles. The summed E-state index contributed by atoms with van der Waals surface area (Å²) in [6.07, 6.45) is 0. The Kier molecular flexibility index (Phi) is 5.25. The Balaban J connectivity index is 1.39. The number of benzene rings is 2. The van der Waals surface area contributed by atoms with E-state index < -0.39 is 15.9 Å². The Morgan fingerprint density at radius 2 is 1.86 bits per heavy atom. The van der Waals surface area contributed by atoms with E-state index in [4.69, 9.17) is 9.15 Å². The third kappa shape index (κ3) is 4.26. The standard InChI is InChI=1S/C18H14N4O5S2/c23-18(15-10-9-13(27-15)11-26-12-5-2-1-3-6-12)19-22-29(24,25)16-8-4-7-14-17(16)21-28-20-14/h1-10,22H,11H2,(H,19,23). The van der Waals surface area contributed by atoms with Gasteiger partial charge in [-0.3, -0.25) is 10.2 Å². The van der Waals surface area contributed by atoms with Crippen LogP contribution in [0.3, 0.4) is 0 Å². The van der Waals surface area contributed by atoms with Gasteiger partial charge in [0.05, 0.1) is 11.7 Å². The summed E-state index contributed by atoms with van der Waals surface area (Å²) >= 11 is 0.904. The molecule has 0 fully saturated rings. The summed E-state index contributed by atoms with van der Waals surface area (Å²) in [6.45, 7) is 0.127. The van der Waals surface area contributed by atoms with Gasteiger partial charge in [-0.25, -0.2) is 8.42 Å². The average molecular weight is 430 g/mol. The molecule has 4 rings (SSSR count). The number of ether oxygens (including phenoxy) is 1. The van der Waals surface area contributed by atoms with Crippen LogP contribution >= 0.6 is 11.7 Å². The molecule has 1 amide bonds. The molecule has 29 heavy (non-hydrogen) atoms. The van der Waals surface area contributed by atoms with Crippen LogP contribution in [0.4, 0.5) is 0 Å². The number of sulfonamides is 1. The lowest BCUT2D eigenvalue weighted by atomic mass is 10.3. The number of carbonyl (C=O) groups is 1. The number of para-hydroxylation sites is 1. The third-order valence-corrected chi connectivity index (χ3v) is 5.67. The van der Waals surface area contributed by atoms with Crippen LogP contribution < -0.4 is 15.0 Å². The van der Waals surface area contributed by atoms with E-state index in [9.17, 15) is 13.2 Å². The summed E-state index contributed by atoms with van der Waals surface area (Å²) in [5.74, 6) is 0.268. The van der Waals surface area contributed by atoms with Crippen molar-refractivity contribution in [1.29, 1.82) is 0 Å². The molecule has 0 saturated heterocycles. The van der Waals surface area contributed by atoms with Crippen molar-refractivity contribution in [1.82, 2.24) is 19.0 Å². The van der Waals surface area contributed by atoms with E-state index in [-0.39, 0.29) is 22.8 Å². The van der Waals surface area contributed by atoms with Crippen molar-refractivity contribution in [3.8, 4) is 5.75 Å². The highest BCUT2D eigenvalue weighted by molar-refractivity contribution is 7.89. The molecule has 2 aromatic heterocycles. The van der Waals surface area contributed by atoms with Crippen LogP contribution in [0.5, 0.6) is 5.75 Å². The predicted molar refractivity (Wildman–Crippen MR) is 105 cm³/mol. The van der Waals surface area contributed by atoms with Crippen LogP contribution in [0.2, 0.25) is 0 Å². The second kappa shape index (κ2) is 7.99. The van der Waals surface area contributed by atoms with E-state index in [1.165, 1.54) is 12.1 Å². The number of fused-ring (bicyclic) bond motifs is 1. The van der Waals surface area contributed by atoms with Gasteiger partial charge in [-0.2, -0.15) is 8.75 Å². The van der Waals surface area contributed by atoms with E-state index in [2.05, 4.69) is 14.2 Å². The molecular weight excluding hydrogens is 416 g/mol. The van der Waals surface area contributed by atoms with Crippen LogP contribution in [0.1, 0.15) is 16.3 Å². The van der Waals surface area contributed by atoms with Gasteiger partial charge in [-0.1, -0.05) is 24.3 Å². The topological polar surface area (TPSA) is 123 Å². The zero-order valence-electron chi connectivity index (χ0n) is 14.7. The zero-order valence-corrected chi connectivity index (χ0v) is 16.4. The molecule has 9 nitrogen and oxygen atoms in total. The van der Waals surface area contributed by atoms with Crippen molar-refractivity contribution >= 4 is 38.7 Å². The maximum absolute atomic E-state index is 12.5. The minimum absolute atomic E-state index is 0.0621. The third-order valence-electron chi connectivity index (χ3n) is 3.85. The Morgan fingerprint density at radius 3 is 2.69 bits per heavy atom. The van der Waals surface area contributed by atoms with Gasteiger partial charge in [0.1, 0.15) is 34.0 Å². The molecule has 2 N–H and O–H groups in total. The highest BCUT2D eigenvalue weighted by Gasteiger charge is 2.21. The molecular formula is C18H14N4O5S2. The average Bonchev–Trinajstić information content (AvgIpc) is 3.40. The van der Waals surface area contributed by atoms with Crippen molar-refractivity contribution in [2.45, 2.75) is 11.5 Å². The summed E-state index contributed by atoms with van der Waals surface area (Å²) in [7, 11) is -4.04.